The zero-order valence-electron chi connectivity index (χ0n) is 34.6. The van der Waals surface area contributed by atoms with Crippen molar-refractivity contribution in [3.05, 3.63) is 151 Å². The number of aryl methyl sites for hydroxylation is 1. The molecule has 0 aliphatic carbocycles. The predicted molar refractivity (Wildman–Crippen MR) is 272 cm³/mol. The molecule has 0 spiro atoms. The minimum atomic E-state index is 0.0914. The van der Waals surface area contributed by atoms with E-state index in [1.165, 1.54) is 56.7 Å². The van der Waals surface area contributed by atoms with Crippen LogP contribution >= 0.6 is 47.5 Å². The van der Waals surface area contributed by atoms with Crippen LogP contribution in [-0.4, -0.2) is 67.5 Å². The summed E-state index contributed by atoms with van der Waals surface area (Å²) in [5, 5.41) is 22.5. The number of hydrogen-bond donors (Lipinski definition) is 7. The van der Waals surface area contributed by atoms with Gasteiger partial charge < -0.3 is 42.0 Å². The largest absolute Gasteiger partial charge is 0.490 e. The Hall–Kier alpha value is -5.47. The number of thiocarbonyl (C=S) groups is 1. The van der Waals surface area contributed by atoms with E-state index in [4.69, 9.17) is 17.0 Å². The SMILES string of the molecule is O=C1CSc2ccccc2N1.S=C1CSc2ccccc2N1.c1ccc2c(c1)CCCN2.c1ccc2c(c1)NCCN2.c1ccc2c(c1)NCCO2.c1ccc2c(c1)NCCS2. The average Bonchev–Trinajstić information content (AvgIpc) is 3.35. The zero-order valence-corrected chi connectivity index (χ0v) is 37.9. The van der Waals surface area contributed by atoms with Crippen LogP contribution in [0.3, 0.4) is 0 Å². The molecule has 6 heterocycles. The van der Waals surface area contributed by atoms with Gasteiger partial charge in [-0.25, -0.2) is 0 Å². The lowest BCUT2D eigenvalue weighted by Gasteiger charge is -2.18. The summed E-state index contributed by atoms with van der Waals surface area (Å²) in [5.74, 6) is 3.70. The first-order valence-corrected chi connectivity index (χ1v) is 24.3. The molecule has 0 radical (unpaired) electrons. The second kappa shape index (κ2) is 24.2. The van der Waals surface area contributed by atoms with Gasteiger partial charge in [0.05, 0.1) is 39.2 Å². The van der Waals surface area contributed by atoms with Crippen LogP contribution in [0, 0.1) is 0 Å². The number of para-hydroxylation sites is 8. The number of amides is 1. The van der Waals surface area contributed by atoms with Gasteiger partial charge in [0.2, 0.25) is 5.91 Å². The first kappa shape index (κ1) is 44.6. The quantitative estimate of drug-likeness (QED) is 0.0738. The van der Waals surface area contributed by atoms with Gasteiger partial charge in [0, 0.05) is 70.3 Å². The van der Waals surface area contributed by atoms with Crippen molar-refractivity contribution >= 4 is 98.2 Å². The Morgan fingerprint density at radius 2 is 0.952 bits per heavy atom. The highest BCUT2D eigenvalue weighted by atomic mass is 32.2. The molecule has 0 aromatic heterocycles. The second-order valence-corrected chi connectivity index (χ2v) is 18.0. The van der Waals surface area contributed by atoms with Crippen molar-refractivity contribution in [1.29, 1.82) is 0 Å². The zero-order chi connectivity index (χ0) is 42.6. The van der Waals surface area contributed by atoms with Crippen LogP contribution in [0.15, 0.2) is 160 Å². The summed E-state index contributed by atoms with van der Waals surface area (Å²) in [5.41, 5.74) is 9.71. The van der Waals surface area contributed by atoms with Crippen LogP contribution in [-0.2, 0) is 11.2 Å². The molecule has 0 saturated heterocycles. The Labute approximate surface area is 383 Å². The van der Waals surface area contributed by atoms with Crippen molar-refractivity contribution in [1.82, 2.24) is 0 Å². The normalized spacial score (nSPS) is 15.3. The fourth-order valence-corrected chi connectivity index (χ4v) is 9.62. The lowest BCUT2D eigenvalue weighted by atomic mass is 10.0. The number of anilines is 7. The molecule has 0 fully saturated rings. The maximum absolute atomic E-state index is 10.9. The van der Waals surface area contributed by atoms with Crippen molar-refractivity contribution < 1.29 is 9.53 Å². The van der Waals surface area contributed by atoms with Crippen LogP contribution in [0.5, 0.6) is 5.75 Å². The summed E-state index contributed by atoms with van der Waals surface area (Å²) >= 11 is 10.4. The Kier molecular flexibility index (Phi) is 17.4. The Balaban J connectivity index is 0.000000112. The van der Waals surface area contributed by atoms with Crippen LogP contribution in [0.25, 0.3) is 0 Å². The number of fused-ring (bicyclic) bond motifs is 6. The molecule has 1 amide bonds. The van der Waals surface area contributed by atoms with E-state index in [-0.39, 0.29) is 5.91 Å². The summed E-state index contributed by atoms with van der Waals surface area (Å²) in [6, 6.07) is 49.2. The van der Waals surface area contributed by atoms with Crippen LogP contribution in [0.1, 0.15) is 12.0 Å². The Bertz CT molecular complexity index is 2010. The Morgan fingerprint density at radius 3 is 1.61 bits per heavy atom. The molecule has 0 bridgehead atoms. The molecule has 6 aliphatic rings. The van der Waals surface area contributed by atoms with E-state index in [0.29, 0.717) is 5.75 Å². The Morgan fingerprint density at radius 1 is 0.452 bits per heavy atom. The van der Waals surface area contributed by atoms with Gasteiger partial charge in [-0.05, 0) is 85.1 Å². The third kappa shape index (κ3) is 13.8. The second-order valence-electron chi connectivity index (χ2n) is 14.3. The number of carbonyl (C=O) groups is 1. The average molecular weight is 900 g/mol. The van der Waals surface area contributed by atoms with Gasteiger partial charge in [0.1, 0.15) is 12.4 Å². The molecule has 13 heteroatoms. The molecule has 7 N–H and O–H groups in total. The maximum atomic E-state index is 10.9. The highest BCUT2D eigenvalue weighted by Crippen LogP contribution is 2.32. The summed E-state index contributed by atoms with van der Waals surface area (Å²) < 4.78 is 5.36. The molecule has 6 aromatic carbocycles. The minimum Gasteiger partial charge on any atom is -0.490 e. The molecule has 320 valence electrons. The van der Waals surface area contributed by atoms with Gasteiger partial charge in [-0.2, -0.15) is 0 Å². The first-order chi connectivity index (χ1) is 30.6. The van der Waals surface area contributed by atoms with Crippen LogP contribution in [0.4, 0.5) is 39.8 Å². The predicted octanol–water partition coefficient (Wildman–Crippen LogP) is 11.5. The molecule has 6 aromatic rings. The van der Waals surface area contributed by atoms with Gasteiger partial charge in [0.15, 0.2) is 0 Å². The van der Waals surface area contributed by atoms with Crippen molar-refractivity contribution in [2.45, 2.75) is 27.5 Å². The van der Waals surface area contributed by atoms with Crippen molar-refractivity contribution in [3.8, 4) is 5.75 Å². The van der Waals surface area contributed by atoms with Gasteiger partial charge in [-0.1, -0.05) is 91.1 Å². The molecule has 9 nitrogen and oxygen atoms in total. The van der Waals surface area contributed by atoms with Crippen molar-refractivity contribution in [3.63, 3.8) is 0 Å². The van der Waals surface area contributed by atoms with Crippen LogP contribution in [0.2, 0.25) is 0 Å². The smallest absolute Gasteiger partial charge is 0.234 e. The topological polar surface area (TPSA) is 111 Å². The van der Waals surface area contributed by atoms with Crippen LogP contribution < -0.4 is 42.0 Å². The number of ether oxygens (including phenoxy) is 1. The minimum absolute atomic E-state index is 0.0914. The number of thioether (sulfide) groups is 3. The van der Waals surface area contributed by atoms with Crippen molar-refractivity contribution in [2.75, 3.05) is 93.8 Å². The van der Waals surface area contributed by atoms with Gasteiger partial charge in [-0.15, -0.1) is 35.3 Å². The fourth-order valence-electron chi connectivity index (χ4n) is 6.82. The van der Waals surface area contributed by atoms with E-state index in [2.05, 4.69) is 104 Å². The summed E-state index contributed by atoms with van der Waals surface area (Å²) in [6.07, 6.45) is 2.51. The lowest BCUT2D eigenvalue weighted by Crippen LogP contribution is -2.19. The molecule has 0 unspecified atom stereocenters. The van der Waals surface area contributed by atoms with Gasteiger partial charge in [0.25, 0.3) is 0 Å². The highest BCUT2D eigenvalue weighted by molar-refractivity contribution is 8.01. The first-order valence-electron chi connectivity index (χ1n) is 20.9. The van der Waals surface area contributed by atoms with Crippen molar-refractivity contribution in [2.24, 2.45) is 0 Å². The number of nitrogens with one attached hydrogen (secondary N) is 7. The molecule has 0 saturated carbocycles. The van der Waals surface area contributed by atoms with E-state index in [0.717, 1.165) is 77.8 Å². The molecule has 62 heavy (non-hydrogen) atoms. The fraction of sp³-hybridized carbons (Fsp3) is 0.224. The summed E-state index contributed by atoms with van der Waals surface area (Å²) in [4.78, 5) is 15.7. The maximum Gasteiger partial charge on any atom is 0.234 e. The molecular formula is C49H53N7O2S4. The summed E-state index contributed by atoms with van der Waals surface area (Å²) in [7, 11) is 0. The summed E-state index contributed by atoms with van der Waals surface area (Å²) in [6.45, 7) is 5.97. The van der Waals surface area contributed by atoms with E-state index in [1.807, 2.05) is 90.6 Å². The number of carbonyl (C=O) groups excluding carboxylic acids is 1. The van der Waals surface area contributed by atoms with E-state index < -0.39 is 0 Å². The highest BCUT2D eigenvalue weighted by Gasteiger charge is 2.14. The monoisotopic (exact) mass is 899 g/mol. The number of benzene rings is 6. The van der Waals surface area contributed by atoms with E-state index >= 15 is 0 Å². The molecule has 0 atom stereocenters. The van der Waals surface area contributed by atoms with Gasteiger partial charge in [-0.3, -0.25) is 4.79 Å². The molecule has 12 rings (SSSR count). The molecule has 6 aliphatic heterocycles. The van der Waals surface area contributed by atoms with E-state index in [9.17, 15) is 4.79 Å². The third-order valence-electron chi connectivity index (χ3n) is 9.80. The number of hydrogen-bond acceptors (Lipinski definition) is 11. The van der Waals surface area contributed by atoms with E-state index in [1.54, 1.807) is 23.5 Å². The standard InChI is InChI=1S/C9H11N.C8H10N2.C8H7NOS.C8H9NO.C8H7NS2.C8H9NS/c1-2-6-9-8(4-1)5-3-7-10-9;1-2-4-8-7(3-1)9-5-6-10-8;10-8-5-11-7-4-2-1-3-6(7)9-8;1-2-4-8-7(3-1)9-5-6-10-8;10-8-5-11-7-4-2-1-3-6(7)9-8;1-2-4-8-7(3-1)9-5-6-10-8/h1-2,4,6,10H,3,5,7H2;1-4,9-10H,5-6H2;1-4H,5H2,(H,9,10);1-4,9H,5-6H2;1-4H,5H2,(H,9,10);1-4,9H,5-6H2. The third-order valence-corrected chi connectivity index (χ3v) is 13.5. The van der Waals surface area contributed by atoms with Gasteiger partial charge >= 0.3 is 0 Å². The lowest BCUT2D eigenvalue weighted by molar-refractivity contribution is -0.113. The molecular weight excluding hydrogens is 847 g/mol. The number of rotatable bonds is 0.